The van der Waals surface area contributed by atoms with Crippen molar-refractivity contribution in [2.45, 2.75) is 13.0 Å². The molecule has 2 aromatic carbocycles. The minimum absolute atomic E-state index is 0.0839. The van der Waals surface area contributed by atoms with Crippen molar-refractivity contribution in [3.63, 3.8) is 0 Å². The lowest BCUT2D eigenvalue weighted by atomic mass is 10.0. The normalized spacial score (nSPS) is 15.9. The van der Waals surface area contributed by atoms with E-state index in [9.17, 15) is 4.79 Å². The number of carbonyl (C=O) groups is 1. The van der Waals surface area contributed by atoms with E-state index in [0.29, 0.717) is 19.1 Å². The number of amides is 1. The summed E-state index contributed by atoms with van der Waals surface area (Å²) in [6, 6.07) is 16.0. The van der Waals surface area contributed by atoms with E-state index in [1.165, 1.54) is 6.92 Å². The average molecular weight is 500 g/mol. The molecule has 1 atom stereocenters. The number of hydrogen-bond donors (Lipinski definition) is 2. The Morgan fingerprint density at radius 3 is 3.00 bits per heavy atom. The van der Waals surface area contributed by atoms with Crippen molar-refractivity contribution in [2.24, 2.45) is 0 Å². The van der Waals surface area contributed by atoms with Crippen LogP contribution in [0.4, 0.5) is 22.3 Å². The SMILES string of the molecule is CC(=O)Nc1cccc(N(C)c2cc3nc(N4CCOC(c5cccc6[nH]ncc56)C4)ncc3s2)c1. The number of carbonyl (C=O) groups excluding carboxylic acids is 1. The first-order valence-corrected chi connectivity index (χ1v) is 12.5. The Morgan fingerprint density at radius 2 is 2.11 bits per heavy atom. The highest BCUT2D eigenvalue weighted by Crippen LogP contribution is 2.36. The maximum absolute atomic E-state index is 11.4. The van der Waals surface area contributed by atoms with E-state index in [-0.39, 0.29) is 12.0 Å². The van der Waals surface area contributed by atoms with Gasteiger partial charge in [-0.3, -0.25) is 9.89 Å². The van der Waals surface area contributed by atoms with Crippen LogP contribution in [0.5, 0.6) is 0 Å². The zero-order chi connectivity index (χ0) is 24.6. The van der Waals surface area contributed by atoms with Gasteiger partial charge in [0.15, 0.2) is 0 Å². The molecule has 1 aliphatic rings. The lowest BCUT2D eigenvalue weighted by Gasteiger charge is -2.33. The smallest absolute Gasteiger partial charge is 0.226 e. The number of hydrogen-bond acceptors (Lipinski definition) is 8. The van der Waals surface area contributed by atoms with Crippen molar-refractivity contribution in [3.05, 3.63) is 66.5 Å². The van der Waals surface area contributed by atoms with E-state index in [4.69, 9.17) is 9.72 Å². The zero-order valence-corrected chi connectivity index (χ0v) is 20.7. The first-order chi connectivity index (χ1) is 17.5. The van der Waals surface area contributed by atoms with E-state index in [2.05, 4.69) is 42.4 Å². The number of nitrogens with zero attached hydrogens (tertiary/aromatic N) is 5. The van der Waals surface area contributed by atoms with E-state index in [1.807, 2.05) is 55.8 Å². The summed E-state index contributed by atoms with van der Waals surface area (Å²) in [6.45, 7) is 3.51. The number of thiophene rings is 1. The molecule has 1 saturated heterocycles. The Labute approximate surface area is 211 Å². The van der Waals surface area contributed by atoms with Crippen molar-refractivity contribution >= 4 is 60.7 Å². The molecule has 0 saturated carbocycles. The van der Waals surface area contributed by atoms with E-state index >= 15 is 0 Å². The highest BCUT2D eigenvalue weighted by Gasteiger charge is 2.26. The predicted molar refractivity (Wildman–Crippen MR) is 143 cm³/mol. The molecule has 4 heterocycles. The molecule has 0 aliphatic carbocycles. The number of rotatable bonds is 5. The second-order valence-electron chi connectivity index (χ2n) is 8.78. The molecular weight excluding hydrogens is 474 g/mol. The third-order valence-corrected chi connectivity index (χ3v) is 7.48. The minimum Gasteiger partial charge on any atom is -0.370 e. The molecule has 6 rings (SSSR count). The van der Waals surface area contributed by atoms with Crippen molar-refractivity contribution in [2.75, 3.05) is 41.9 Å². The van der Waals surface area contributed by atoms with Crippen LogP contribution in [0.25, 0.3) is 21.1 Å². The van der Waals surface area contributed by atoms with Gasteiger partial charge in [0.05, 0.1) is 46.3 Å². The lowest BCUT2D eigenvalue weighted by molar-refractivity contribution is -0.114. The van der Waals surface area contributed by atoms with Gasteiger partial charge in [-0.2, -0.15) is 5.10 Å². The van der Waals surface area contributed by atoms with E-state index in [1.54, 1.807) is 11.3 Å². The number of fused-ring (bicyclic) bond motifs is 2. The molecule has 0 radical (unpaired) electrons. The van der Waals surface area contributed by atoms with Crippen LogP contribution in [-0.4, -0.2) is 52.8 Å². The van der Waals surface area contributed by atoms with Crippen molar-refractivity contribution in [1.82, 2.24) is 20.2 Å². The quantitative estimate of drug-likeness (QED) is 0.356. The van der Waals surface area contributed by atoms with Gasteiger partial charge in [-0.25, -0.2) is 9.97 Å². The lowest BCUT2D eigenvalue weighted by Crippen LogP contribution is -2.39. The monoisotopic (exact) mass is 499 g/mol. The fourth-order valence-corrected chi connectivity index (χ4v) is 5.50. The van der Waals surface area contributed by atoms with Gasteiger partial charge in [-0.05, 0) is 35.9 Å². The van der Waals surface area contributed by atoms with Gasteiger partial charge in [0.25, 0.3) is 0 Å². The van der Waals surface area contributed by atoms with Crippen LogP contribution in [0.3, 0.4) is 0 Å². The predicted octanol–water partition coefficient (Wildman–Crippen LogP) is 4.87. The standard InChI is InChI=1S/C26H25N7O2S/c1-16(34)29-17-5-3-6-18(11-17)32(2)25-12-22-24(36-25)14-27-26(30-22)33-9-10-35-23(15-33)19-7-4-8-21-20(19)13-28-31-21/h3-8,11-14,23H,9-10,15H2,1-2H3,(H,28,31)(H,29,34). The molecule has 10 heteroatoms. The zero-order valence-electron chi connectivity index (χ0n) is 19.9. The van der Waals surface area contributed by atoms with Crippen molar-refractivity contribution < 1.29 is 9.53 Å². The number of ether oxygens (including phenoxy) is 1. The summed E-state index contributed by atoms with van der Waals surface area (Å²) in [4.78, 5) is 25.3. The summed E-state index contributed by atoms with van der Waals surface area (Å²) in [5.74, 6) is 0.612. The van der Waals surface area contributed by atoms with Crippen molar-refractivity contribution in [1.29, 1.82) is 0 Å². The number of morpholine rings is 1. The van der Waals surface area contributed by atoms with Crippen LogP contribution in [-0.2, 0) is 9.53 Å². The molecule has 0 bridgehead atoms. The number of aromatic amines is 1. The van der Waals surface area contributed by atoms with Crippen LogP contribution in [0.15, 0.2) is 60.9 Å². The maximum Gasteiger partial charge on any atom is 0.226 e. The number of nitrogens with one attached hydrogen (secondary N) is 2. The summed E-state index contributed by atoms with van der Waals surface area (Å²) in [7, 11) is 2.01. The second-order valence-corrected chi connectivity index (χ2v) is 9.84. The van der Waals surface area contributed by atoms with Crippen LogP contribution >= 0.6 is 11.3 Å². The topological polar surface area (TPSA) is 99.3 Å². The van der Waals surface area contributed by atoms with Gasteiger partial charge in [-0.15, -0.1) is 11.3 Å². The highest BCUT2D eigenvalue weighted by molar-refractivity contribution is 7.22. The molecule has 0 spiro atoms. The fraction of sp³-hybridized carbons (Fsp3) is 0.231. The number of aromatic nitrogens is 4. The molecular formula is C26H25N7O2S. The van der Waals surface area contributed by atoms with Gasteiger partial charge in [0.2, 0.25) is 11.9 Å². The third-order valence-electron chi connectivity index (χ3n) is 6.34. The molecule has 2 N–H and O–H groups in total. The largest absolute Gasteiger partial charge is 0.370 e. The number of benzene rings is 2. The van der Waals surface area contributed by atoms with E-state index in [0.717, 1.165) is 49.6 Å². The highest BCUT2D eigenvalue weighted by atomic mass is 32.1. The first-order valence-electron chi connectivity index (χ1n) is 11.7. The van der Waals surface area contributed by atoms with Gasteiger partial charge < -0.3 is 19.9 Å². The Balaban J connectivity index is 1.25. The summed E-state index contributed by atoms with van der Waals surface area (Å²) in [6.07, 6.45) is 3.67. The Morgan fingerprint density at radius 1 is 1.22 bits per heavy atom. The molecule has 182 valence electrons. The summed E-state index contributed by atoms with van der Waals surface area (Å²) < 4.78 is 7.15. The molecule has 36 heavy (non-hydrogen) atoms. The van der Waals surface area contributed by atoms with Gasteiger partial charge in [0.1, 0.15) is 6.10 Å². The van der Waals surface area contributed by atoms with Crippen LogP contribution in [0.2, 0.25) is 0 Å². The summed E-state index contributed by atoms with van der Waals surface area (Å²) >= 11 is 1.64. The second kappa shape index (κ2) is 9.21. The number of anilines is 4. The fourth-order valence-electron chi connectivity index (χ4n) is 4.55. The summed E-state index contributed by atoms with van der Waals surface area (Å²) in [5, 5.41) is 12.2. The molecule has 1 fully saturated rings. The van der Waals surface area contributed by atoms with Gasteiger partial charge in [-0.1, -0.05) is 18.2 Å². The molecule has 1 amide bonds. The van der Waals surface area contributed by atoms with Crippen LogP contribution in [0.1, 0.15) is 18.6 Å². The summed E-state index contributed by atoms with van der Waals surface area (Å²) in [5.41, 5.74) is 4.77. The molecule has 1 unspecified atom stereocenters. The Hall–Kier alpha value is -4.02. The molecule has 5 aromatic rings. The van der Waals surface area contributed by atoms with E-state index < -0.39 is 0 Å². The average Bonchev–Trinajstić information content (AvgIpc) is 3.54. The van der Waals surface area contributed by atoms with Crippen LogP contribution < -0.4 is 15.1 Å². The Kier molecular flexibility index (Phi) is 5.74. The first kappa shape index (κ1) is 22.4. The third kappa shape index (κ3) is 4.25. The number of H-pyrrole nitrogens is 1. The molecule has 3 aromatic heterocycles. The van der Waals surface area contributed by atoms with Gasteiger partial charge in [0, 0.05) is 37.3 Å². The minimum atomic E-state index is -0.0914. The van der Waals surface area contributed by atoms with Gasteiger partial charge >= 0.3 is 0 Å². The van der Waals surface area contributed by atoms with Crippen LogP contribution in [0, 0.1) is 0 Å². The maximum atomic E-state index is 11.4. The van der Waals surface area contributed by atoms with Crippen molar-refractivity contribution in [3.8, 4) is 0 Å². The Bertz CT molecular complexity index is 1560. The molecule has 1 aliphatic heterocycles. The molecule has 9 nitrogen and oxygen atoms in total.